The monoisotopic (exact) mass is 295 g/mol. The zero-order chi connectivity index (χ0) is 12.5. The predicted molar refractivity (Wildman–Crippen MR) is 73.4 cm³/mol. The maximum Gasteiger partial charge on any atom is 0.176 e. The molecule has 0 spiro atoms. The molecule has 1 aliphatic heterocycles. The van der Waals surface area contributed by atoms with Crippen LogP contribution in [0.5, 0.6) is 0 Å². The third kappa shape index (κ3) is 2.96. The first kappa shape index (κ1) is 12.8. The highest BCUT2D eigenvalue weighted by atomic mass is 79.9. The second-order valence-electron chi connectivity index (χ2n) is 5.27. The molecule has 2 rings (SSSR count). The smallest absolute Gasteiger partial charge is 0.176 e. The average molecular weight is 296 g/mol. The molecule has 0 radical (unpaired) electrons. The van der Waals surface area contributed by atoms with Gasteiger partial charge in [0.2, 0.25) is 0 Å². The number of carbonyl (C=O) groups excluding carboxylic acids is 1. The standard InChI is InChI=1S/C14H18BrNO/c1-14(2)8-3-9-16(14)10-13(17)11-4-6-12(15)7-5-11/h4-7H,3,8-10H2,1-2H3. The molecule has 1 fully saturated rings. The van der Waals surface area contributed by atoms with Gasteiger partial charge in [0.05, 0.1) is 6.54 Å². The number of hydrogen-bond acceptors (Lipinski definition) is 2. The third-order valence-corrected chi connectivity index (χ3v) is 4.10. The minimum atomic E-state index is 0.172. The molecular formula is C14H18BrNO. The minimum Gasteiger partial charge on any atom is -0.293 e. The van der Waals surface area contributed by atoms with E-state index in [4.69, 9.17) is 0 Å². The van der Waals surface area contributed by atoms with Gasteiger partial charge >= 0.3 is 0 Å². The number of rotatable bonds is 3. The Morgan fingerprint density at radius 2 is 2.00 bits per heavy atom. The van der Waals surface area contributed by atoms with E-state index in [1.54, 1.807) is 0 Å². The van der Waals surface area contributed by atoms with Gasteiger partial charge in [-0.15, -0.1) is 0 Å². The van der Waals surface area contributed by atoms with Crippen LogP contribution in [0, 0.1) is 0 Å². The lowest BCUT2D eigenvalue weighted by molar-refractivity contribution is 0.0871. The number of ketones is 1. The van der Waals surface area contributed by atoms with Gasteiger partial charge in [0.25, 0.3) is 0 Å². The van der Waals surface area contributed by atoms with Crippen molar-refractivity contribution in [2.24, 2.45) is 0 Å². The molecule has 0 amide bonds. The van der Waals surface area contributed by atoms with Crippen molar-refractivity contribution in [2.45, 2.75) is 32.2 Å². The molecule has 0 saturated carbocycles. The van der Waals surface area contributed by atoms with Crippen LogP contribution in [0.25, 0.3) is 0 Å². The van der Waals surface area contributed by atoms with Gasteiger partial charge in [0.15, 0.2) is 5.78 Å². The Balaban J connectivity index is 2.04. The summed E-state index contributed by atoms with van der Waals surface area (Å²) in [6.45, 7) is 6.01. The van der Waals surface area contributed by atoms with Crippen LogP contribution in [0.4, 0.5) is 0 Å². The molecular weight excluding hydrogens is 278 g/mol. The summed E-state index contributed by atoms with van der Waals surface area (Å²) in [7, 11) is 0. The Labute approximate surface area is 111 Å². The minimum absolute atomic E-state index is 0.172. The highest BCUT2D eigenvalue weighted by Gasteiger charge is 2.32. The lowest BCUT2D eigenvalue weighted by Gasteiger charge is -2.30. The lowest BCUT2D eigenvalue weighted by atomic mass is 10.0. The Morgan fingerprint density at radius 3 is 2.53 bits per heavy atom. The first-order chi connectivity index (χ1) is 7.99. The average Bonchev–Trinajstić information content (AvgIpc) is 2.59. The van der Waals surface area contributed by atoms with E-state index in [9.17, 15) is 4.79 Å². The Bertz CT molecular complexity index is 411. The fourth-order valence-corrected chi connectivity index (χ4v) is 2.62. The molecule has 0 aliphatic carbocycles. The van der Waals surface area contributed by atoms with Crippen LogP contribution in [-0.2, 0) is 0 Å². The van der Waals surface area contributed by atoms with E-state index in [1.165, 1.54) is 12.8 Å². The number of nitrogens with zero attached hydrogens (tertiary/aromatic N) is 1. The highest BCUT2D eigenvalue weighted by Crippen LogP contribution is 2.28. The molecule has 2 nitrogen and oxygen atoms in total. The molecule has 1 aromatic rings. The molecule has 0 N–H and O–H groups in total. The number of halogens is 1. The number of hydrogen-bond donors (Lipinski definition) is 0. The van der Waals surface area contributed by atoms with Gasteiger partial charge in [-0.2, -0.15) is 0 Å². The summed E-state index contributed by atoms with van der Waals surface area (Å²) in [5.41, 5.74) is 0.973. The largest absolute Gasteiger partial charge is 0.293 e. The molecule has 0 unspecified atom stereocenters. The molecule has 0 bridgehead atoms. The number of benzene rings is 1. The molecule has 3 heteroatoms. The van der Waals surface area contributed by atoms with Crippen LogP contribution < -0.4 is 0 Å². The zero-order valence-corrected chi connectivity index (χ0v) is 12.0. The first-order valence-electron chi connectivity index (χ1n) is 6.03. The van der Waals surface area contributed by atoms with Crippen LogP contribution in [-0.4, -0.2) is 29.3 Å². The molecule has 1 heterocycles. The van der Waals surface area contributed by atoms with Crippen molar-refractivity contribution < 1.29 is 4.79 Å². The van der Waals surface area contributed by atoms with E-state index >= 15 is 0 Å². The van der Waals surface area contributed by atoms with Crippen LogP contribution >= 0.6 is 15.9 Å². The molecule has 1 saturated heterocycles. The van der Waals surface area contributed by atoms with E-state index < -0.39 is 0 Å². The summed E-state index contributed by atoms with van der Waals surface area (Å²) in [6, 6.07) is 7.61. The van der Waals surface area contributed by atoms with Crippen molar-refractivity contribution in [3.8, 4) is 0 Å². The number of likely N-dealkylation sites (tertiary alicyclic amines) is 1. The molecule has 0 aromatic heterocycles. The summed E-state index contributed by atoms with van der Waals surface area (Å²) in [5, 5.41) is 0. The predicted octanol–water partition coefficient (Wildman–Crippen LogP) is 3.51. The van der Waals surface area contributed by atoms with Crippen molar-refractivity contribution >= 4 is 21.7 Å². The molecule has 17 heavy (non-hydrogen) atoms. The van der Waals surface area contributed by atoms with E-state index in [0.717, 1.165) is 16.6 Å². The maximum absolute atomic E-state index is 12.1. The van der Waals surface area contributed by atoms with Crippen LogP contribution in [0.2, 0.25) is 0 Å². The summed E-state index contributed by atoms with van der Waals surface area (Å²) in [4.78, 5) is 14.4. The first-order valence-corrected chi connectivity index (χ1v) is 6.82. The quantitative estimate of drug-likeness (QED) is 0.796. The summed E-state index contributed by atoms with van der Waals surface area (Å²) in [6.07, 6.45) is 2.38. The molecule has 1 aromatic carbocycles. The van der Waals surface area contributed by atoms with Crippen molar-refractivity contribution in [3.05, 3.63) is 34.3 Å². The zero-order valence-electron chi connectivity index (χ0n) is 10.4. The van der Waals surface area contributed by atoms with Crippen molar-refractivity contribution in [3.63, 3.8) is 0 Å². The summed E-state index contributed by atoms with van der Waals surface area (Å²) >= 11 is 3.38. The summed E-state index contributed by atoms with van der Waals surface area (Å²) in [5.74, 6) is 0.215. The van der Waals surface area contributed by atoms with E-state index in [-0.39, 0.29) is 11.3 Å². The van der Waals surface area contributed by atoms with Crippen LogP contribution in [0.15, 0.2) is 28.7 Å². The van der Waals surface area contributed by atoms with Crippen LogP contribution in [0.1, 0.15) is 37.0 Å². The van der Waals surface area contributed by atoms with E-state index in [2.05, 4.69) is 34.7 Å². The second kappa shape index (κ2) is 4.91. The van der Waals surface area contributed by atoms with Gasteiger partial charge < -0.3 is 0 Å². The fourth-order valence-electron chi connectivity index (χ4n) is 2.36. The summed E-state index contributed by atoms with van der Waals surface area (Å²) < 4.78 is 1.01. The second-order valence-corrected chi connectivity index (χ2v) is 6.18. The van der Waals surface area contributed by atoms with Crippen LogP contribution in [0.3, 0.4) is 0 Å². The highest BCUT2D eigenvalue weighted by molar-refractivity contribution is 9.10. The maximum atomic E-state index is 12.1. The third-order valence-electron chi connectivity index (χ3n) is 3.57. The van der Waals surface area contributed by atoms with Gasteiger partial charge in [0.1, 0.15) is 0 Å². The molecule has 0 atom stereocenters. The molecule has 92 valence electrons. The Morgan fingerprint density at radius 1 is 1.35 bits per heavy atom. The topological polar surface area (TPSA) is 20.3 Å². The van der Waals surface area contributed by atoms with E-state index in [1.807, 2.05) is 24.3 Å². The van der Waals surface area contributed by atoms with Crippen molar-refractivity contribution in [1.29, 1.82) is 0 Å². The SMILES string of the molecule is CC1(C)CCCN1CC(=O)c1ccc(Br)cc1. The van der Waals surface area contributed by atoms with Gasteiger partial charge in [-0.05, 0) is 45.4 Å². The molecule has 1 aliphatic rings. The fraction of sp³-hybridized carbons (Fsp3) is 0.500. The van der Waals surface area contributed by atoms with E-state index in [0.29, 0.717) is 6.54 Å². The normalized spacial score (nSPS) is 19.5. The lowest BCUT2D eigenvalue weighted by Crippen LogP contribution is -2.41. The number of Topliss-reactive ketones (excluding diaryl/α,β-unsaturated/α-hetero) is 1. The Hall–Kier alpha value is -0.670. The van der Waals surface area contributed by atoms with Gasteiger partial charge in [-0.25, -0.2) is 0 Å². The van der Waals surface area contributed by atoms with Crippen molar-refractivity contribution in [1.82, 2.24) is 4.90 Å². The van der Waals surface area contributed by atoms with Gasteiger partial charge in [-0.1, -0.05) is 28.1 Å². The van der Waals surface area contributed by atoms with Gasteiger partial charge in [0, 0.05) is 15.6 Å². The Kier molecular flexibility index (Phi) is 3.69. The van der Waals surface area contributed by atoms with Crippen molar-refractivity contribution in [2.75, 3.05) is 13.1 Å². The van der Waals surface area contributed by atoms with Gasteiger partial charge in [-0.3, -0.25) is 9.69 Å². The number of carbonyl (C=O) groups is 1.